The second kappa shape index (κ2) is 8.23. The van der Waals surface area contributed by atoms with Gasteiger partial charge in [0.2, 0.25) is 15.9 Å². The lowest BCUT2D eigenvalue weighted by atomic mass is 9.99. The molecule has 1 aliphatic rings. The molecule has 0 aliphatic carbocycles. The molecule has 0 bridgehead atoms. The monoisotopic (exact) mass is 359 g/mol. The average molecular weight is 360 g/mol. The number of carbonyl (C=O) groups excluding carboxylic acids is 1. The lowest BCUT2D eigenvalue weighted by Crippen LogP contribution is -2.38. The number of hydrogen-bond donors (Lipinski definition) is 2. The molecule has 1 aromatic rings. The first-order valence-corrected chi connectivity index (χ1v) is 10.2. The van der Waals surface area contributed by atoms with Gasteiger partial charge in [-0.15, -0.1) is 11.3 Å². The summed E-state index contributed by atoms with van der Waals surface area (Å²) in [5.74, 6) is 0.302. The Bertz CT molecular complexity index is 628. The summed E-state index contributed by atoms with van der Waals surface area (Å²) in [7, 11) is -1.36. The third-order valence-electron chi connectivity index (χ3n) is 3.93. The van der Waals surface area contributed by atoms with E-state index in [4.69, 9.17) is 0 Å². The zero-order valence-electron chi connectivity index (χ0n) is 13.7. The lowest BCUT2D eigenvalue weighted by molar-refractivity contribution is -0.118. The van der Waals surface area contributed by atoms with Crippen LogP contribution in [0.5, 0.6) is 0 Å². The first-order chi connectivity index (χ1) is 10.9. The van der Waals surface area contributed by atoms with Crippen LogP contribution in [0, 0.1) is 5.92 Å². The Labute approximate surface area is 142 Å². The smallest absolute Gasteiger partial charge is 0.250 e. The molecule has 1 fully saturated rings. The maximum Gasteiger partial charge on any atom is 0.250 e. The van der Waals surface area contributed by atoms with Gasteiger partial charge in [0.25, 0.3) is 0 Å². The normalized spacial score (nSPS) is 19.7. The minimum Gasteiger partial charge on any atom is -0.356 e. The molecular formula is C15H25N3O3S2. The number of hydrogen-bond acceptors (Lipinski definition) is 5. The minimum atomic E-state index is -3.44. The second-order valence-electron chi connectivity index (χ2n) is 6.08. The van der Waals surface area contributed by atoms with Gasteiger partial charge >= 0.3 is 0 Å². The zero-order chi connectivity index (χ0) is 16.9. The predicted molar refractivity (Wildman–Crippen MR) is 92.1 cm³/mol. The van der Waals surface area contributed by atoms with Gasteiger partial charge in [0.1, 0.15) is 4.21 Å². The van der Waals surface area contributed by atoms with Crippen molar-refractivity contribution >= 4 is 27.3 Å². The van der Waals surface area contributed by atoms with Crippen molar-refractivity contribution in [3.63, 3.8) is 0 Å². The molecule has 6 nitrogen and oxygen atoms in total. The van der Waals surface area contributed by atoms with Crippen LogP contribution in [0.25, 0.3) is 0 Å². The molecule has 1 atom stereocenters. The van der Waals surface area contributed by atoms with Crippen molar-refractivity contribution in [2.75, 3.05) is 33.2 Å². The van der Waals surface area contributed by atoms with Crippen molar-refractivity contribution in [3.05, 3.63) is 17.0 Å². The summed E-state index contributed by atoms with van der Waals surface area (Å²) in [6.07, 6.45) is 2.83. The van der Waals surface area contributed by atoms with E-state index < -0.39 is 10.0 Å². The Morgan fingerprint density at radius 3 is 2.91 bits per heavy atom. The molecule has 2 N–H and O–H groups in total. The van der Waals surface area contributed by atoms with Crippen LogP contribution in [0.2, 0.25) is 0 Å². The van der Waals surface area contributed by atoms with Gasteiger partial charge in [-0.25, -0.2) is 13.1 Å². The van der Waals surface area contributed by atoms with E-state index in [1.54, 1.807) is 6.07 Å². The van der Waals surface area contributed by atoms with E-state index in [1.165, 1.54) is 18.3 Å². The standard InChI is InChI=1S/C15H25N3O3S2/c1-12(19)16-8-7-14-5-6-15(22-14)23(20,21)17-10-13-4-3-9-18(2)11-13/h5-6,13,17H,3-4,7-11H2,1-2H3,(H,16,19). The van der Waals surface area contributed by atoms with Gasteiger partial charge in [-0.1, -0.05) is 0 Å². The maximum atomic E-state index is 12.4. The summed E-state index contributed by atoms with van der Waals surface area (Å²) in [4.78, 5) is 14.0. The predicted octanol–water partition coefficient (Wildman–Crippen LogP) is 1.05. The van der Waals surface area contributed by atoms with E-state index in [-0.39, 0.29) is 5.91 Å². The molecule has 0 spiro atoms. The third kappa shape index (κ3) is 5.87. The third-order valence-corrected chi connectivity index (χ3v) is 6.99. The van der Waals surface area contributed by atoms with E-state index in [0.29, 0.717) is 29.6 Å². The summed E-state index contributed by atoms with van der Waals surface area (Å²) >= 11 is 1.27. The van der Waals surface area contributed by atoms with Crippen LogP contribution in [0.1, 0.15) is 24.6 Å². The van der Waals surface area contributed by atoms with Crippen molar-refractivity contribution < 1.29 is 13.2 Å². The Morgan fingerprint density at radius 1 is 1.43 bits per heavy atom. The molecule has 0 saturated carbocycles. The van der Waals surface area contributed by atoms with Crippen molar-refractivity contribution in [2.45, 2.75) is 30.4 Å². The van der Waals surface area contributed by atoms with Gasteiger partial charge in [-0.3, -0.25) is 4.79 Å². The molecule has 2 rings (SSSR count). The van der Waals surface area contributed by atoms with Gasteiger partial charge in [-0.05, 0) is 50.9 Å². The van der Waals surface area contributed by atoms with Gasteiger partial charge in [0, 0.05) is 31.4 Å². The molecule has 1 unspecified atom stereocenters. The molecule has 1 aromatic heterocycles. The molecule has 0 aromatic carbocycles. The van der Waals surface area contributed by atoms with Gasteiger partial charge in [0.05, 0.1) is 0 Å². The fourth-order valence-corrected chi connectivity index (χ4v) is 5.25. The summed E-state index contributed by atoms with van der Waals surface area (Å²) < 4.78 is 27.8. The number of amides is 1. The summed E-state index contributed by atoms with van der Waals surface area (Å²) in [5.41, 5.74) is 0. The summed E-state index contributed by atoms with van der Waals surface area (Å²) in [6, 6.07) is 3.46. The van der Waals surface area contributed by atoms with E-state index in [0.717, 1.165) is 30.8 Å². The number of likely N-dealkylation sites (tertiary alicyclic amines) is 1. The summed E-state index contributed by atoms with van der Waals surface area (Å²) in [6.45, 7) is 4.51. The van der Waals surface area contributed by atoms with Crippen LogP contribution in [0.3, 0.4) is 0 Å². The molecule has 8 heteroatoms. The minimum absolute atomic E-state index is 0.0754. The fourth-order valence-electron chi connectivity index (χ4n) is 2.74. The first-order valence-electron chi connectivity index (χ1n) is 7.88. The van der Waals surface area contributed by atoms with Crippen LogP contribution in [-0.2, 0) is 21.2 Å². The number of nitrogens with zero attached hydrogens (tertiary/aromatic N) is 1. The number of piperidine rings is 1. The topological polar surface area (TPSA) is 78.5 Å². The average Bonchev–Trinajstić information content (AvgIpc) is 2.95. The molecule has 130 valence electrons. The zero-order valence-corrected chi connectivity index (χ0v) is 15.3. The van der Waals surface area contributed by atoms with Gasteiger partial charge in [-0.2, -0.15) is 0 Å². The van der Waals surface area contributed by atoms with E-state index in [9.17, 15) is 13.2 Å². The lowest BCUT2D eigenvalue weighted by Gasteiger charge is -2.29. The highest BCUT2D eigenvalue weighted by molar-refractivity contribution is 7.91. The highest BCUT2D eigenvalue weighted by Crippen LogP contribution is 2.22. The number of sulfonamides is 1. The van der Waals surface area contributed by atoms with E-state index in [2.05, 4.69) is 22.0 Å². The highest BCUT2D eigenvalue weighted by Gasteiger charge is 2.21. The molecule has 2 heterocycles. The Morgan fingerprint density at radius 2 is 2.22 bits per heavy atom. The maximum absolute atomic E-state index is 12.4. The largest absolute Gasteiger partial charge is 0.356 e. The van der Waals surface area contributed by atoms with Crippen molar-refractivity contribution in [3.8, 4) is 0 Å². The Hall–Kier alpha value is -0.960. The van der Waals surface area contributed by atoms with Crippen molar-refractivity contribution in [1.82, 2.24) is 14.9 Å². The van der Waals surface area contributed by atoms with Crippen molar-refractivity contribution in [2.24, 2.45) is 5.92 Å². The van der Waals surface area contributed by atoms with Gasteiger partial charge < -0.3 is 10.2 Å². The molecule has 0 radical (unpaired) electrons. The van der Waals surface area contributed by atoms with Crippen LogP contribution in [0.15, 0.2) is 16.3 Å². The number of rotatable bonds is 7. The van der Waals surface area contributed by atoms with Crippen LogP contribution in [-0.4, -0.2) is 52.5 Å². The Balaban J connectivity index is 1.86. The first kappa shape index (κ1) is 18.4. The van der Waals surface area contributed by atoms with Gasteiger partial charge in [0.15, 0.2) is 0 Å². The van der Waals surface area contributed by atoms with E-state index >= 15 is 0 Å². The van der Waals surface area contributed by atoms with E-state index in [1.807, 2.05) is 6.07 Å². The molecular weight excluding hydrogens is 334 g/mol. The van der Waals surface area contributed by atoms with Crippen LogP contribution >= 0.6 is 11.3 Å². The number of nitrogens with one attached hydrogen (secondary N) is 2. The number of thiophene rings is 1. The molecule has 23 heavy (non-hydrogen) atoms. The molecule has 1 saturated heterocycles. The quantitative estimate of drug-likeness (QED) is 0.763. The number of carbonyl (C=O) groups is 1. The Kier molecular flexibility index (Phi) is 6.58. The molecule has 1 aliphatic heterocycles. The van der Waals surface area contributed by atoms with Crippen LogP contribution in [0.4, 0.5) is 0 Å². The van der Waals surface area contributed by atoms with Crippen LogP contribution < -0.4 is 10.0 Å². The van der Waals surface area contributed by atoms with Crippen molar-refractivity contribution in [1.29, 1.82) is 0 Å². The highest BCUT2D eigenvalue weighted by atomic mass is 32.2. The summed E-state index contributed by atoms with van der Waals surface area (Å²) in [5, 5.41) is 2.71. The molecule has 1 amide bonds. The second-order valence-corrected chi connectivity index (χ2v) is 9.24. The fraction of sp³-hybridized carbons (Fsp3) is 0.667. The SMILES string of the molecule is CC(=O)NCCc1ccc(S(=O)(=O)NCC2CCCN(C)C2)s1.